The normalized spacial score (nSPS) is 90.7. The highest BCUT2D eigenvalue weighted by atomic mass is 19.3. The van der Waals surface area contributed by atoms with Gasteiger partial charge in [0.15, 0.2) is 0 Å². The molecule has 0 aliphatic heterocycles. The number of hydrogen-bond donors (Lipinski definition) is 0. The van der Waals surface area contributed by atoms with E-state index in [1.165, 1.54) is 0 Å². The van der Waals surface area contributed by atoms with Crippen LogP contribution in [0.2, 0.25) is 0 Å². The highest BCUT2D eigenvalue weighted by molar-refractivity contribution is 6.07. The monoisotopic (exact) mass is 1630 g/mol. The van der Waals surface area contributed by atoms with E-state index in [0.717, 1.165) is 0 Å². The second kappa shape index (κ2) is 10.2. The van der Waals surface area contributed by atoms with E-state index in [4.69, 9.17) is 0 Å². The van der Waals surface area contributed by atoms with Gasteiger partial charge in [-0.1, -0.05) is 0 Å². The van der Waals surface area contributed by atoms with Gasteiger partial charge in [-0.05, 0) is 0 Å². The van der Waals surface area contributed by atoms with Crippen LogP contribution < -0.4 is 0 Å². The van der Waals surface area contributed by atoms with Crippen molar-refractivity contribution in [3.05, 3.63) is 66.9 Å². The van der Waals surface area contributed by atoms with Crippen LogP contribution in [0.15, 0.2) is 66.9 Å². The summed E-state index contributed by atoms with van der Waals surface area (Å²) in [4.78, 5) is 0. The Hall–Kier alpha value is -4.92. The molecule has 32 aliphatic rings. The quantitative estimate of drug-likeness (QED) is 0.168. The number of hydrogen-bond acceptors (Lipinski definition) is 0. The first-order valence-corrected chi connectivity index (χ1v) is 31.6. The number of halogens is 48. The average Bonchev–Trinajstić information content (AvgIpc) is 1.30. The van der Waals surface area contributed by atoms with Gasteiger partial charge in [0.2, 0.25) is 272 Å². The molecule has 0 aromatic rings. The molecule has 32 rings (SSSR count). The molecule has 12 unspecified atom stereocenters. The van der Waals surface area contributed by atoms with Gasteiger partial charge in [-0.25, -0.2) is 211 Å². The summed E-state index contributed by atoms with van der Waals surface area (Å²) in [6.07, 6.45) is 0. The maximum atomic E-state index is 21.7. The van der Waals surface area contributed by atoms with Crippen molar-refractivity contribution >= 4 is 0 Å². The minimum atomic E-state index is -10.6. The lowest BCUT2D eigenvalue weighted by Gasteiger charge is -2.77. The molecular weight excluding hydrogens is 1630 g/mol. The number of allylic oxidation sites excluding steroid dienone is 12. The molecule has 576 valence electrons. The molecule has 0 saturated heterocycles. The summed E-state index contributed by atoms with van der Waals surface area (Å²) < 4.78 is 1040. The predicted octanol–water partition coefficient (Wildman–Crippen LogP) is 12.2. The van der Waals surface area contributed by atoms with Crippen molar-refractivity contribution in [3.8, 4) is 0 Å². The van der Waals surface area contributed by atoms with Gasteiger partial charge in [0.25, 0.3) is 0 Å². The fourth-order valence-corrected chi connectivity index (χ4v) is 38.0. The fourth-order valence-electron chi connectivity index (χ4n) is 38.0. The minimum absolute atomic E-state index is 6.73. The zero-order chi connectivity index (χ0) is 78.9. The van der Waals surface area contributed by atoms with E-state index >= 15 is 211 Å². The zero-order valence-electron chi connectivity index (χ0n) is 48.1. The summed E-state index contributed by atoms with van der Waals surface area (Å²) in [6, 6.07) is 0. The van der Waals surface area contributed by atoms with Gasteiger partial charge in [0.1, 0.15) is 0 Å². The average molecular weight is 1630 g/mol. The van der Waals surface area contributed by atoms with E-state index in [-0.39, 0.29) is 0 Å². The third kappa shape index (κ3) is 2.05. The third-order valence-electron chi connectivity index (χ3n) is 38.2. The van der Waals surface area contributed by atoms with Crippen molar-refractivity contribution in [2.75, 3.05) is 0 Å². The second-order valence-corrected chi connectivity index (χ2v) is 36.1. The predicted molar refractivity (Wildman–Crippen MR) is 226 cm³/mol. The van der Waals surface area contributed by atoms with Gasteiger partial charge >= 0.3 is 0 Å². The first-order valence-electron chi connectivity index (χ1n) is 31.6. The first-order chi connectivity index (χ1) is 47.9. The van der Waals surface area contributed by atoms with Crippen molar-refractivity contribution in [3.63, 3.8) is 0 Å². The second-order valence-electron chi connectivity index (χ2n) is 36.1. The molecule has 48 heteroatoms. The van der Waals surface area contributed by atoms with Crippen molar-refractivity contribution in [1.82, 2.24) is 0 Å². The molecule has 0 bridgehead atoms. The lowest BCUT2D eigenvalue weighted by atomic mass is 9.29. The minimum Gasteiger partial charge on any atom is -0.232 e. The highest BCUT2D eigenvalue weighted by Gasteiger charge is 3.46. The molecule has 20 saturated carbocycles. The van der Waals surface area contributed by atoms with Gasteiger partial charge in [0, 0.05) is 66.9 Å². The van der Waals surface area contributed by atoms with Crippen LogP contribution >= 0.6 is 0 Å². The van der Waals surface area contributed by atoms with Crippen molar-refractivity contribution < 1.29 is 211 Å². The molecule has 0 aromatic heterocycles. The summed E-state index contributed by atoms with van der Waals surface area (Å²) in [6.45, 7) is 0. The Labute approximate surface area is 549 Å². The summed E-state index contributed by atoms with van der Waals surface area (Å²) in [5.74, 6) is 0. The Balaban J connectivity index is 1.09. The summed E-state index contributed by atoms with van der Waals surface area (Å²) in [5.41, 5.74) is -578. The Kier molecular flexibility index (Phi) is 5.75. The summed E-state index contributed by atoms with van der Waals surface area (Å²) in [7, 11) is 0. The lowest BCUT2D eigenvalue weighted by molar-refractivity contribution is -0.448. The molecule has 20 fully saturated rings. The zero-order valence-corrected chi connectivity index (χ0v) is 48.1. The maximum Gasteiger partial charge on any atom is 0.234 e. The Morgan fingerprint density at radius 1 is 0.0648 bits per heavy atom. The molecule has 0 N–H and O–H groups in total. The lowest BCUT2D eigenvalue weighted by Crippen LogP contribution is -3.07. The van der Waals surface area contributed by atoms with Gasteiger partial charge in [-0.15, -0.1) is 0 Å². The Morgan fingerprint density at radius 3 is 0.185 bits per heavy atom. The van der Waals surface area contributed by atoms with E-state index in [1.54, 1.807) is 0 Å². The summed E-state index contributed by atoms with van der Waals surface area (Å²) >= 11 is 0. The van der Waals surface area contributed by atoms with Crippen LogP contribution in [0.1, 0.15) is 0 Å². The molecule has 0 aromatic carbocycles. The van der Waals surface area contributed by atoms with Crippen LogP contribution in [0, 0.1) is 0 Å². The van der Waals surface area contributed by atoms with Crippen LogP contribution in [-0.2, 0) is 0 Å². The maximum absolute atomic E-state index is 21.7. The highest BCUT2D eigenvalue weighted by Crippen LogP contribution is 3.20. The SMILES string of the molecule is FC12C3=C4[C@@]5(F)[C@]6(F)[C@@]7(F)C8=C9[C@]%10(F)[C@@]%11(F)[C@]%12(F)C%13=C%14[C@@]%15(F)[C@]%16(F)[C@@]%17(F)C%18=C%19[C@]%20(F)[C@@]%21(F)[C@@]%22(F)C%23=C%24[C@@]%25(F)[C@]%26(F)[C@@]%27(F)C%28=C%29[C@]%30(F)[C@@](F)([C@@]3(F)[C@@](F)([C@@]%30%26F)[C@]%24(F)C1(F)C%23(F)C(F)(C%13(F)C2(F)[C@@]4(F)[C@]%12(F)[C@@]%106F)[C@@]%14(F)[C@@]%22(F)[C@]%20%16F)[C@]5(F)[C@]7(F)[C@@]%29(F)C1(F)C%28(F)C(F)(C%18(F)C(F)(C81F)[C@]9(F)[C@@]%17(F)[C@]%15%11F)[C@]%19(F)[C@@]%27(F)[C@]%25%21F. The topological polar surface area (TPSA) is 0 Å². The van der Waals surface area contributed by atoms with Gasteiger partial charge in [0.05, 0.1) is 0 Å². The van der Waals surface area contributed by atoms with Crippen LogP contribution in [-0.4, -0.2) is 272 Å². The van der Waals surface area contributed by atoms with E-state index in [0.29, 0.717) is 0 Å². The van der Waals surface area contributed by atoms with Crippen LogP contribution in [0.3, 0.4) is 0 Å². The molecule has 0 nitrogen and oxygen atoms in total. The Bertz CT molecular complexity index is 5090. The van der Waals surface area contributed by atoms with Crippen molar-refractivity contribution in [2.24, 2.45) is 0 Å². The smallest absolute Gasteiger partial charge is 0.232 e. The molecule has 32 aliphatic carbocycles. The van der Waals surface area contributed by atoms with Gasteiger partial charge < -0.3 is 0 Å². The van der Waals surface area contributed by atoms with Crippen LogP contribution in [0.4, 0.5) is 211 Å². The van der Waals surface area contributed by atoms with E-state index in [2.05, 4.69) is 0 Å². The van der Waals surface area contributed by atoms with Gasteiger partial charge in [-0.2, -0.15) is 0 Å². The van der Waals surface area contributed by atoms with E-state index in [1.807, 2.05) is 0 Å². The van der Waals surface area contributed by atoms with Gasteiger partial charge in [-0.3, -0.25) is 0 Å². The molecule has 0 heterocycles. The molecule has 48 atom stereocenters. The number of rotatable bonds is 0. The molecule has 0 spiro atoms. The molecular formula is C60F48. The molecule has 108 heavy (non-hydrogen) atoms. The standard InChI is InChI=1S/C60F48/c61-13-1-7-19(67)37(13,85)14(62)3-10-22(70)39(14,87)15(63)2-8-20(68,38(13,15)86)43(91)25(1,73)49(97)32(80)9-4-16(64)40(88)17(65)5-11-23(71)42(17,90)18(66)6-12-24(72,41(16,18)89)47(95)29(4,77)51(99,56(32,43)104)33(8,81)58(47,106)53(101)28(2,76)46(22,94)60(108,36(12,53)84)54(102)30(6,78)48(23,96)59(107,35(10,54)83)52(100)26(3,74)44(19,92)57(105,34(11,52)82)50(98)27(5,75)45(93,21(9,40)69)55(49,103)31(7,50)79/t13?,14?,15?,16?,17?,18?,19-,20-,21+,22-,23+,24+,25-,26+,27-,28+,29-,30-,31-,32+,33-,34+,35-,36+,37?,38?,39?,40?,41?,42?,43+,44-,45+,46-,47+,48+,49+,50-,51-,52+,53+,54-,55-,56-,57+,58-,59-,60+/m1/s1. The number of alkyl halides is 48. The molecule has 0 amide bonds. The van der Waals surface area contributed by atoms with Crippen molar-refractivity contribution in [2.45, 2.75) is 272 Å². The van der Waals surface area contributed by atoms with Crippen molar-refractivity contribution in [1.29, 1.82) is 0 Å². The Morgan fingerprint density at radius 2 is 0.111 bits per heavy atom. The van der Waals surface area contributed by atoms with Crippen LogP contribution in [0.25, 0.3) is 0 Å². The third-order valence-corrected chi connectivity index (χ3v) is 38.2. The van der Waals surface area contributed by atoms with E-state index in [9.17, 15) is 0 Å². The fraction of sp³-hybridized carbons (Fsp3) is 0.800. The largest absolute Gasteiger partial charge is 0.234 e. The van der Waals surface area contributed by atoms with E-state index < -0.39 is 339 Å². The first kappa shape index (κ1) is 60.6. The molecule has 0 radical (unpaired) electrons. The summed E-state index contributed by atoms with van der Waals surface area (Å²) in [5, 5.41) is 0. The van der Waals surface area contributed by atoms with Crippen LogP contribution in [0.5, 0.6) is 0 Å².